The molecule has 2 aliphatic rings. The lowest BCUT2D eigenvalue weighted by molar-refractivity contribution is -0.147. The Morgan fingerprint density at radius 1 is 1.09 bits per heavy atom. The van der Waals surface area contributed by atoms with Crippen LogP contribution < -0.4 is 14.2 Å². The van der Waals surface area contributed by atoms with Gasteiger partial charge in [-0.2, -0.15) is 0 Å². The SMILES string of the molecule is C#CCN1CCC(C(=O)OCC)(S(=O)(=O)c2ccc(Oc3ccc4c(c3)OCO4)cc2)CC1. The monoisotopic (exact) mass is 471 g/mol. The number of hydrogen-bond acceptors (Lipinski definition) is 8. The molecule has 2 aromatic rings. The van der Waals surface area contributed by atoms with Crippen LogP contribution >= 0.6 is 0 Å². The van der Waals surface area contributed by atoms with E-state index in [0.29, 0.717) is 42.6 Å². The van der Waals surface area contributed by atoms with E-state index < -0.39 is 20.6 Å². The number of carbonyl (C=O) groups is 1. The number of fused-ring (bicyclic) bond motifs is 1. The predicted octanol–water partition coefficient (Wildman–Crippen LogP) is 3.01. The molecular weight excluding hydrogens is 446 g/mol. The second kappa shape index (κ2) is 9.33. The molecule has 1 fully saturated rings. The van der Waals surface area contributed by atoms with Crippen LogP contribution in [-0.2, 0) is 19.4 Å². The normalized spacial score (nSPS) is 17.2. The number of hydrogen-bond donors (Lipinski definition) is 0. The number of ether oxygens (including phenoxy) is 4. The first-order chi connectivity index (χ1) is 15.9. The summed E-state index contributed by atoms with van der Waals surface area (Å²) < 4.78 is 47.3. The topological polar surface area (TPSA) is 91.4 Å². The van der Waals surface area contributed by atoms with Gasteiger partial charge in [0.2, 0.25) is 6.79 Å². The van der Waals surface area contributed by atoms with E-state index in [1.807, 2.05) is 4.90 Å². The van der Waals surface area contributed by atoms with Crippen molar-refractivity contribution in [3.63, 3.8) is 0 Å². The zero-order valence-corrected chi connectivity index (χ0v) is 19.1. The van der Waals surface area contributed by atoms with Crippen LogP contribution in [0.15, 0.2) is 47.4 Å². The molecule has 2 heterocycles. The lowest BCUT2D eigenvalue weighted by Crippen LogP contribution is -2.55. The number of rotatable bonds is 7. The van der Waals surface area contributed by atoms with Crippen molar-refractivity contribution in [3.05, 3.63) is 42.5 Å². The summed E-state index contributed by atoms with van der Waals surface area (Å²) in [5, 5.41) is 0. The van der Waals surface area contributed by atoms with Crippen LogP contribution in [0.4, 0.5) is 0 Å². The molecule has 9 heteroatoms. The molecule has 0 bridgehead atoms. The Morgan fingerprint density at radius 2 is 1.76 bits per heavy atom. The number of benzene rings is 2. The van der Waals surface area contributed by atoms with Crippen molar-refractivity contribution >= 4 is 15.8 Å². The summed E-state index contributed by atoms with van der Waals surface area (Å²) in [4.78, 5) is 14.9. The third-order valence-corrected chi connectivity index (χ3v) is 8.35. The Balaban J connectivity index is 1.56. The molecule has 0 spiro atoms. The molecule has 0 radical (unpaired) electrons. The summed E-state index contributed by atoms with van der Waals surface area (Å²) >= 11 is 0. The van der Waals surface area contributed by atoms with Crippen molar-refractivity contribution in [2.45, 2.75) is 29.4 Å². The summed E-state index contributed by atoms with van der Waals surface area (Å²) in [6.07, 6.45) is 5.61. The number of sulfone groups is 1. The Hall–Kier alpha value is -3.22. The van der Waals surface area contributed by atoms with Gasteiger partial charge in [0.1, 0.15) is 11.5 Å². The van der Waals surface area contributed by atoms with Crippen molar-refractivity contribution in [2.24, 2.45) is 0 Å². The van der Waals surface area contributed by atoms with Crippen LogP contribution in [0.3, 0.4) is 0 Å². The van der Waals surface area contributed by atoms with Crippen LogP contribution in [0.2, 0.25) is 0 Å². The number of piperidine rings is 1. The molecule has 174 valence electrons. The number of nitrogens with zero attached hydrogens (tertiary/aromatic N) is 1. The van der Waals surface area contributed by atoms with Gasteiger partial charge in [0.15, 0.2) is 26.1 Å². The van der Waals surface area contributed by atoms with Gasteiger partial charge in [0.05, 0.1) is 18.0 Å². The molecular formula is C24H25NO7S. The molecule has 33 heavy (non-hydrogen) atoms. The lowest BCUT2D eigenvalue weighted by Gasteiger charge is -2.38. The Kier molecular flexibility index (Phi) is 6.49. The highest BCUT2D eigenvalue weighted by Crippen LogP contribution is 2.39. The summed E-state index contributed by atoms with van der Waals surface area (Å²) in [6, 6.07) is 11.2. The van der Waals surface area contributed by atoms with Gasteiger partial charge in [-0.05, 0) is 56.2 Å². The van der Waals surface area contributed by atoms with Gasteiger partial charge >= 0.3 is 5.97 Å². The maximum Gasteiger partial charge on any atom is 0.327 e. The molecule has 0 N–H and O–H groups in total. The molecule has 8 nitrogen and oxygen atoms in total. The summed E-state index contributed by atoms with van der Waals surface area (Å²) in [5.74, 6) is 4.04. The zero-order valence-electron chi connectivity index (χ0n) is 18.3. The summed E-state index contributed by atoms with van der Waals surface area (Å²) in [7, 11) is -4.03. The molecule has 0 amide bonds. The van der Waals surface area contributed by atoms with Gasteiger partial charge in [-0.15, -0.1) is 6.42 Å². The molecule has 2 aliphatic heterocycles. The molecule has 1 saturated heterocycles. The van der Waals surface area contributed by atoms with E-state index in [-0.39, 0.29) is 31.1 Å². The number of carbonyl (C=O) groups excluding carboxylic acids is 1. The standard InChI is InChI=1S/C24H25NO7S/c1-3-13-25-14-11-24(12-15-25,23(26)29-4-2)33(27,28)20-8-5-18(6-9-20)32-19-7-10-21-22(16-19)31-17-30-21/h1,5-10,16H,4,11-15,17H2,2H3. The second-order valence-electron chi connectivity index (χ2n) is 7.79. The van der Waals surface area contributed by atoms with Crippen LogP contribution in [0.5, 0.6) is 23.0 Å². The van der Waals surface area contributed by atoms with Crippen molar-refractivity contribution < 1.29 is 32.2 Å². The average molecular weight is 472 g/mol. The average Bonchev–Trinajstić information content (AvgIpc) is 3.28. The minimum absolute atomic E-state index is 0.0407. The highest BCUT2D eigenvalue weighted by molar-refractivity contribution is 7.93. The first kappa shape index (κ1) is 23.0. The van der Waals surface area contributed by atoms with Crippen molar-refractivity contribution in [1.29, 1.82) is 0 Å². The number of terminal acetylenes is 1. The quantitative estimate of drug-likeness (QED) is 0.450. The lowest BCUT2D eigenvalue weighted by atomic mass is 9.95. The highest BCUT2D eigenvalue weighted by atomic mass is 32.2. The van der Waals surface area contributed by atoms with E-state index in [4.69, 9.17) is 25.4 Å². The molecule has 0 saturated carbocycles. The minimum Gasteiger partial charge on any atom is -0.465 e. The van der Waals surface area contributed by atoms with E-state index >= 15 is 0 Å². The maximum atomic E-state index is 13.7. The van der Waals surface area contributed by atoms with E-state index in [1.165, 1.54) is 12.1 Å². The molecule has 4 rings (SSSR count). The Bertz CT molecular complexity index is 1160. The van der Waals surface area contributed by atoms with Crippen LogP contribution in [0.25, 0.3) is 0 Å². The Morgan fingerprint density at radius 3 is 2.42 bits per heavy atom. The van der Waals surface area contributed by atoms with E-state index in [2.05, 4.69) is 5.92 Å². The van der Waals surface area contributed by atoms with Gasteiger partial charge < -0.3 is 18.9 Å². The smallest absolute Gasteiger partial charge is 0.327 e. The second-order valence-corrected chi connectivity index (χ2v) is 10.0. The summed E-state index contributed by atoms with van der Waals surface area (Å²) in [5.41, 5.74) is 0. The Labute approximate surface area is 193 Å². The van der Waals surface area contributed by atoms with Gasteiger partial charge in [-0.3, -0.25) is 9.69 Å². The van der Waals surface area contributed by atoms with Gasteiger partial charge in [0.25, 0.3) is 0 Å². The molecule has 0 aliphatic carbocycles. The fourth-order valence-electron chi connectivity index (χ4n) is 4.04. The predicted molar refractivity (Wildman–Crippen MR) is 120 cm³/mol. The number of likely N-dealkylation sites (tertiary alicyclic amines) is 1. The van der Waals surface area contributed by atoms with Crippen molar-refractivity contribution in [1.82, 2.24) is 4.90 Å². The van der Waals surface area contributed by atoms with Crippen LogP contribution in [0.1, 0.15) is 19.8 Å². The third-order valence-electron chi connectivity index (χ3n) is 5.85. The van der Waals surface area contributed by atoms with Crippen molar-refractivity contribution in [2.75, 3.05) is 33.0 Å². The molecule has 0 atom stereocenters. The molecule has 2 aromatic carbocycles. The minimum atomic E-state index is -4.03. The van der Waals surface area contributed by atoms with Crippen LogP contribution in [-0.4, -0.2) is 57.1 Å². The van der Waals surface area contributed by atoms with E-state index in [9.17, 15) is 13.2 Å². The van der Waals surface area contributed by atoms with Gasteiger partial charge in [0, 0.05) is 19.2 Å². The molecule has 0 unspecified atom stereocenters. The third kappa shape index (κ3) is 4.36. The van der Waals surface area contributed by atoms with E-state index in [0.717, 1.165) is 0 Å². The number of esters is 1. The highest BCUT2D eigenvalue weighted by Gasteiger charge is 2.54. The van der Waals surface area contributed by atoms with Crippen LogP contribution in [0, 0.1) is 12.3 Å². The maximum absolute atomic E-state index is 13.7. The van der Waals surface area contributed by atoms with Gasteiger partial charge in [-0.1, -0.05) is 5.92 Å². The fourth-order valence-corrected chi connectivity index (χ4v) is 5.98. The van der Waals surface area contributed by atoms with E-state index in [1.54, 1.807) is 37.3 Å². The first-order valence-corrected chi connectivity index (χ1v) is 12.1. The fraction of sp³-hybridized carbons (Fsp3) is 0.375. The largest absolute Gasteiger partial charge is 0.465 e. The molecule has 0 aromatic heterocycles. The first-order valence-electron chi connectivity index (χ1n) is 10.6. The van der Waals surface area contributed by atoms with Crippen molar-refractivity contribution in [3.8, 4) is 35.3 Å². The van der Waals surface area contributed by atoms with Gasteiger partial charge in [-0.25, -0.2) is 8.42 Å². The zero-order chi connectivity index (χ0) is 23.5. The summed E-state index contributed by atoms with van der Waals surface area (Å²) in [6.45, 7) is 3.13.